The molecule has 1 aromatic heterocycles. The van der Waals surface area contributed by atoms with Gasteiger partial charge in [-0.25, -0.2) is 4.98 Å². The fraction of sp³-hybridized carbons (Fsp3) is 0.500. The van der Waals surface area contributed by atoms with E-state index in [0.717, 1.165) is 0 Å². The first kappa shape index (κ1) is 14.9. The topological polar surface area (TPSA) is 95.1 Å². The van der Waals surface area contributed by atoms with Gasteiger partial charge in [0.2, 0.25) is 5.69 Å². The van der Waals surface area contributed by atoms with Crippen LogP contribution in [-0.2, 0) is 0 Å². The van der Waals surface area contributed by atoms with Crippen molar-refractivity contribution >= 4 is 11.5 Å². The number of hydrogen-bond acceptors (Lipinski definition) is 6. The summed E-state index contributed by atoms with van der Waals surface area (Å²) >= 11 is 0. The van der Waals surface area contributed by atoms with Crippen LogP contribution < -0.4 is 5.32 Å². The van der Waals surface area contributed by atoms with Crippen molar-refractivity contribution in [1.29, 1.82) is 5.26 Å². The number of nitro groups is 1. The lowest BCUT2D eigenvalue weighted by molar-refractivity contribution is -0.385. The van der Waals surface area contributed by atoms with Gasteiger partial charge in [-0.1, -0.05) is 0 Å². The molecule has 0 fully saturated rings. The lowest BCUT2D eigenvalue weighted by Crippen LogP contribution is -2.44. The highest BCUT2D eigenvalue weighted by atomic mass is 16.6. The van der Waals surface area contributed by atoms with E-state index in [1.807, 2.05) is 14.1 Å². The van der Waals surface area contributed by atoms with E-state index in [-0.39, 0.29) is 16.9 Å². The standard InChI is InChI=1S/C12H17N5O2/c1-12(2,16(3)4)8-14-11-6-5-10(17(18)19)9(7-13)15-11/h5-6H,8H2,1-4H3,(H,14,15). The number of nitrogens with one attached hydrogen (secondary N) is 1. The van der Waals surface area contributed by atoms with Gasteiger partial charge >= 0.3 is 5.69 Å². The maximum absolute atomic E-state index is 10.7. The van der Waals surface area contributed by atoms with Crippen LogP contribution in [0.1, 0.15) is 19.5 Å². The van der Waals surface area contributed by atoms with Gasteiger partial charge in [0.1, 0.15) is 11.9 Å². The second-order valence-corrected chi connectivity index (χ2v) is 4.99. The van der Waals surface area contributed by atoms with Crippen molar-refractivity contribution in [3.8, 4) is 6.07 Å². The van der Waals surface area contributed by atoms with Gasteiger partial charge in [-0.2, -0.15) is 5.26 Å². The quantitative estimate of drug-likeness (QED) is 0.640. The summed E-state index contributed by atoms with van der Waals surface area (Å²) in [6, 6.07) is 4.53. The summed E-state index contributed by atoms with van der Waals surface area (Å²) in [6.45, 7) is 4.71. The molecule has 0 saturated heterocycles. The Morgan fingerprint density at radius 2 is 2.16 bits per heavy atom. The molecule has 1 heterocycles. The molecular weight excluding hydrogens is 246 g/mol. The van der Waals surface area contributed by atoms with E-state index in [4.69, 9.17) is 5.26 Å². The van der Waals surface area contributed by atoms with Crippen molar-refractivity contribution < 1.29 is 4.92 Å². The van der Waals surface area contributed by atoms with Crippen molar-refractivity contribution in [1.82, 2.24) is 9.88 Å². The molecule has 0 amide bonds. The second kappa shape index (κ2) is 5.63. The van der Waals surface area contributed by atoms with Crippen molar-refractivity contribution in [2.24, 2.45) is 0 Å². The van der Waals surface area contributed by atoms with E-state index in [1.54, 1.807) is 6.07 Å². The molecule has 0 radical (unpaired) electrons. The van der Waals surface area contributed by atoms with Crippen LogP contribution in [0.5, 0.6) is 0 Å². The third kappa shape index (κ3) is 3.63. The van der Waals surface area contributed by atoms with E-state index in [2.05, 4.69) is 29.0 Å². The molecule has 1 N–H and O–H groups in total. The molecule has 0 saturated carbocycles. The minimum absolute atomic E-state index is 0.101. The Balaban J connectivity index is 2.88. The zero-order chi connectivity index (χ0) is 14.6. The van der Waals surface area contributed by atoms with Gasteiger partial charge in [0.05, 0.1) is 4.92 Å². The van der Waals surface area contributed by atoms with E-state index in [9.17, 15) is 10.1 Å². The molecule has 0 atom stereocenters. The number of anilines is 1. The lowest BCUT2D eigenvalue weighted by Gasteiger charge is -2.32. The Bertz CT molecular complexity index is 519. The number of likely N-dealkylation sites (N-methyl/N-ethyl adjacent to an activating group) is 1. The minimum atomic E-state index is -0.612. The number of rotatable bonds is 5. The molecule has 7 nitrogen and oxygen atoms in total. The second-order valence-electron chi connectivity index (χ2n) is 4.99. The van der Waals surface area contributed by atoms with Crippen LogP contribution >= 0.6 is 0 Å². The summed E-state index contributed by atoms with van der Waals surface area (Å²) in [5.74, 6) is 0.456. The van der Waals surface area contributed by atoms with Gasteiger partial charge in [0.15, 0.2) is 0 Å². The largest absolute Gasteiger partial charge is 0.368 e. The first-order valence-corrected chi connectivity index (χ1v) is 5.75. The lowest BCUT2D eigenvalue weighted by atomic mass is 10.0. The van der Waals surface area contributed by atoms with Crippen LogP contribution in [-0.4, -0.2) is 41.0 Å². The van der Waals surface area contributed by atoms with Gasteiger partial charge < -0.3 is 10.2 Å². The molecule has 0 bridgehead atoms. The summed E-state index contributed by atoms with van der Waals surface area (Å²) in [7, 11) is 3.93. The molecule has 0 aliphatic carbocycles. The van der Waals surface area contributed by atoms with E-state index in [0.29, 0.717) is 12.4 Å². The zero-order valence-electron chi connectivity index (χ0n) is 11.5. The third-order valence-corrected chi connectivity index (χ3v) is 3.09. The third-order valence-electron chi connectivity index (χ3n) is 3.09. The number of pyridine rings is 1. The predicted octanol–water partition coefficient (Wildman–Crippen LogP) is 1.61. The highest BCUT2D eigenvalue weighted by Gasteiger charge is 2.21. The van der Waals surface area contributed by atoms with Crippen LogP contribution in [0.3, 0.4) is 0 Å². The Morgan fingerprint density at radius 1 is 1.53 bits per heavy atom. The molecule has 1 aromatic rings. The average molecular weight is 263 g/mol. The Hall–Kier alpha value is -2.20. The highest BCUT2D eigenvalue weighted by molar-refractivity contribution is 5.50. The molecule has 0 aliphatic rings. The Labute approximate surface area is 112 Å². The summed E-state index contributed by atoms with van der Waals surface area (Å²) < 4.78 is 0. The Morgan fingerprint density at radius 3 is 2.63 bits per heavy atom. The summed E-state index contributed by atoms with van der Waals surface area (Å²) in [5, 5.41) is 22.6. The molecule has 0 aromatic carbocycles. The van der Waals surface area contributed by atoms with Crippen LogP contribution in [0.25, 0.3) is 0 Å². The smallest absolute Gasteiger partial charge is 0.305 e. The Kier molecular flexibility index (Phi) is 4.40. The van der Waals surface area contributed by atoms with Gasteiger partial charge in [0.25, 0.3) is 0 Å². The first-order chi connectivity index (χ1) is 8.77. The normalized spacial score (nSPS) is 11.2. The predicted molar refractivity (Wildman–Crippen MR) is 71.9 cm³/mol. The fourth-order valence-corrected chi connectivity index (χ4v) is 1.24. The minimum Gasteiger partial charge on any atom is -0.368 e. The van der Waals surface area contributed by atoms with E-state index >= 15 is 0 Å². The SMILES string of the molecule is CN(C)C(C)(C)CNc1ccc([N+](=O)[O-])c(C#N)n1. The van der Waals surface area contributed by atoms with Gasteiger partial charge in [-0.3, -0.25) is 10.1 Å². The molecular formula is C12H17N5O2. The summed E-state index contributed by atoms with van der Waals surface area (Å²) in [6.07, 6.45) is 0. The maximum Gasteiger partial charge on any atom is 0.305 e. The van der Waals surface area contributed by atoms with Crippen LogP contribution in [0.15, 0.2) is 12.1 Å². The van der Waals surface area contributed by atoms with Crippen molar-refractivity contribution in [2.45, 2.75) is 19.4 Å². The molecule has 0 aliphatic heterocycles. The zero-order valence-corrected chi connectivity index (χ0v) is 11.5. The maximum atomic E-state index is 10.7. The van der Waals surface area contributed by atoms with Crippen molar-refractivity contribution in [3.63, 3.8) is 0 Å². The van der Waals surface area contributed by atoms with Crippen LogP contribution in [0.4, 0.5) is 11.5 Å². The monoisotopic (exact) mass is 263 g/mol. The highest BCUT2D eigenvalue weighted by Crippen LogP contribution is 2.19. The van der Waals surface area contributed by atoms with Crippen LogP contribution in [0.2, 0.25) is 0 Å². The first-order valence-electron chi connectivity index (χ1n) is 5.75. The van der Waals surface area contributed by atoms with Crippen molar-refractivity contribution in [2.75, 3.05) is 26.0 Å². The van der Waals surface area contributed by atoms with E-state index in [1.165, 1.54) is 12.1 Å². The van der Waals surface area contributed by atoms with Gasteiger partial charge in [-0.05, 0) is 34.0 Å². The molecule has 0 unspecified atom stereocenters. The molecule has 0 spiro atoms. The van der Waals surface area contributed by atoms with E-state index < -0.39 is 4.92 Å². The average Bonchev–Trinajstić information content (AvgIpc) is 2.35. The molecule has 7 heteroatoms. The number of aromatic nitrogens is 1. The number of nitriles is 1. The number of hydrogen-bond donors (Lipinski definition) is 1. The molecule has 1 rings (SSSR count). The number of nitrogens with zero attached hydrogens (tertiary/aromatic N) is 4. The van der Waals surface area contributed by atoms with Gasteiger partial charge in [0, 0.05) is 18.2 Å². The summed E-state index contributed by atoms with van der Waals surface area (Å²) in [4.78, 5) is 16.1. The van der Waals surface area contributed by atoms with Crippen LogP contribution in [0, 0.1) is 21.4 Å². The molecule has 19 heavy (non-hydrogen) atoms. The molecule has 102 valence electrons. The van der Waals surface area contributed by atoms with Gasteiger partial charge in [-0.15, -0.1) is 0 Å². The fourth-order valence-electron chi connectivity index (χ4n) is 1.24. The summed E-state index contributed by atoms with van der Waals surface area (Å²) in [5.41, 5.74) is -0.562. The van der Waals surface area contributed by atoms with Crippen molar-refractivity contribution in [3.05, 3.63) is 27.9 Å².